The van der Waals surface area contributed by atoms with Crippen molar-refractivity contribution in [2.24, 2.45) is 0 Å². The van der Waals surface area contributed by atoms with E-state index >= 15 is 0 Å². The Bertz CT molecular complexity index is 1330. The second kappa shape index (κ2) is 8.76. The van der Waals surface area contributed by atoms with Gasteiger partial charge in [-0.3, -0.25) is 0 Å². The van der Waals surface area contributed by atoms with Gasteiger partial charge < -0.3 is 15.0 Å². The third kappa shape index (κ3) is 4.13. The molecule has 4 aromatic rings. The number of aromatic nitrogens is 3. The van der Waals surface area contributed by atoms with Crippen LogP contribution in [0, 0.1) is 19.7 Å². The first kappa shape index (κ1) is 22.0. The van der Waals surface area contributed by atoms with E-state index in [1.54, 1.807) is 12.1 Å². The topological polar surface area (TPSA) is 80.0 Å². The summed E-state index contributed by atoms with van der Waals surface area (Å²) in [5.74, 6) is -0.882. The molecule has 0 aliphatic carbocycles. The molecule has 2 heterocycles. The van der Waals surface area contributed by atoms with Crippen LogP contribution in [-0.2, 0) is 6.54 Å². The Morgan fingerprint density at radius 1 is 1.12 bits per heavy atom. The van der Waals surface area contributed by atoms with Crippen molar-refractivity contribution in [1.82, 2.24) is 14.5 Å². The number of carboxylic acid groups (broad SMARTS) is 1. The van der Waals surface area contributed by atoms with Gasteiger partial charge in [-0.2, -0.15) is 0 Å². The van der Waals surface area contributed by atoms with Crippen molar-refractivity contribution in [2.45, 2.75) is 20.4 Å². The highest BCUT2D eigenvalue weighted by molar-refractivity contribution is 6.39. The van der Waals surface area contributed by atoms with Crippen LogP contribution in [0.4, 0.5) is 10.2 Å². The molecule has 0 bridgehead atoms. The van der Waals surface area contributed by atoms with E-state index in [-0.39, 0.29) is 21.4 Å². The lowest BCUT2D eigenvalue weighted by atomic mass is 10.1. The molecule has 0 saturated carbocycles. The molecule has 0 spiro atoms. The van der Waals surface area contributed by atoms with Crippen molar-refractivity contribution in [1.29, 1.82) is 0 Å². The molecule has 0 radical (unpaired) electrons. The van der Waals surface area contributed by atoms with E-state index in [0.29, 0.717) is 35.7 Å². The third-order valence-electron chi connectivity index (χ3n) is 5.30. The van der Waals surface area contributed by atoms with Crippen LogP contribution in [0.3, 0.4) is 0 Å². The molecule has 9 heteroatoms. The van der Waals surface area contributed by atoms with Gasteiger partial charge in [-0.25, -0.2) is 19.2 Å². The lowest BCUT2D eigenvalue weighted by Gasteiger charge is -2.12. The zero-order chi connectivity index (χ0) is 23.0. The number of halogens is 3. The molecule has 164 valence electrons. The molecule has 0 atom stereocenters. The van der Waals surface area contributed by atoms with E-state index in [1.165, 1.54) is 24.5 Å². The summed E-state index contributed by atoms with van der Waals surface area (Å²) in [4.78, 5) is 19.7. The minimum Gasteiger partial charge on any atom is -0.478 e. The fourth-order valence-corrected chi connectivity index (χ4v) is 4.37. The van der Waals surface area contributed by atoms with Crippen LogP contribution in [0.2, 0.25) is 10.0 Å². The summed E-state index contributed by atoms with van der Waals surface area (Å²) < 4.78 is 16.4. The Balaban J connectivity index is 1.54. The summed E-state index contributed by atoms with van der Waals surface area (Å²) in [5, 5.41) is 13.4. The monoisotopic (exact) mass is 472 g/mol. The summed E-state index contributed by atoms with van der Waals surface area (Å²) in [6, 6.07) is 9.98. The predicted molar refractivity (Wildman–Crippen MR) is 124 cm³/mol. The maximum atomic E-state index is 14.5. The lowest BCUT2D eigenvalue weighted by Crippen LogP contribution is -2.13. The third-order valence-corrected chi connectivity index (χ3v) is 5.89. The van der Waals surface area contributed by atoms with E-state index in [1.807, 2.05) is 24.5 Å². The number of aryl methyl sites for hydroxylation is 2. The van der Waals surface area contributed by atoms with Crippen LogP contribution < -0.4 is 5.32 Å². The maximum Gasteiger partial charge on any atom is 0.338 e. The van der Waals surface area contributed by atoms with E-state index in [9.17, 15) is 14.3 Å². The van der Waals surface area contributed by atoms with Crippen LogP contribution in [0.25, 0.3) is 22.2 Å². The molecule has 0 amide bonds. The molecular weight excluding hydrogens is 454 g/mol. The van der Waals surface area contributed by atoms with Crippen LogP contribution >= 0.6 is 23.2 Å². The molecule has 2 N–H and O–H groups in total. The number of hydrogen-bond donors (Lipinski definition) is 2. The second-order valence-corrected chi connectivity index (χ2v) is 8.21. The zero-order valence-electron chi connectivity index (χ0n) is 17.3. The summed E-state index contributed by atoms with van der Waals surface area (Å²) in [5.41, 5.74) is 3.55. The Kier molecular flexibility index (Phi) is 6.04. The highest BCUT2D eigenvalue weighted by Crippen LogP contribution is 2.31. The fraction of sp³-hybridized carbons (Fsp3) is 0.174. The van der Waals surface area contributed by atoms with Gasteiger partial charge in [0.15, 0.2) is 0 Å². The minimum atomic E-state index is -1.20. The average molecular weight is 473 g/mol. The Labute approximate surface area is 193 Å². The molecule has 0 unspecified atom stereocenters. The van der Waals surface area contributed by atoms with Gasteiger partial charge in [0.2, 0.25) is 0 Å². The average Bonchev–Trinajstić information content (AvgIpc) is 3.08. The normalized spacial score (nSPS) is 11.2. The fourth-order valence-electron chi connectivity index (χ4n) is 3.72. The first-order valence-electron chi connectivity index (χ1n) is 9.80. The van der Waals surface area contributed by atoms with Gasteiger partial charge in [-0.15, -0.1) is 0 Å². The summed E-state index contributed by atoms with van der Waals surface area (Å²) in [6.45, 7) is 4.97. The Hall–Kier alpha value is -3.16. The SMILES string of the molecule is Cc1ccc(F)c2c1cc(C)n2CCNc1cc(-c2cc(Cl)c(C(=O)O)c(Cl)c2)ncn1. The van der Waals surface area contributed by atoms with Crippen LogP contribution in [0.5, 0.6) is 0 Å². The molecule has 32 heavy (non-hydrogen) atoms. The number of carbonyl (C=O) groups is 1. The first-order valence-corrected chi connectivity index (χ1v) is 10.6. The number of nitrogens with zero attached hydrogens (tertiary/aromatic N) is 3. The van der Waals surface area contributed by atoms with Crippen molar-refractivity contribution in [3.8, 4) is 11.3 Å². The van der Waals surface area contributed by atoms with Gasteiger partial charge in [-0.05, 0) is 43.7 Å². The van der Waals surface area contributed by atoms with Gasteiger partial charge in [0.25, 0.3) is 0 Å². The lowest BCUT2D eigenvalue weighted by molar-refractivity contribution is 0.0697. The van der Waals surface area contributed by atoms with Crippen molar-refractivity contribution < 1.29 is 14.3 Å². The predicted octanol–water partition coefficient (Wildman–Crippen LogP) is 5.97. The quantitative estimate of drug-likeness (QED) is 0.361. The molecule has 0 fully saturated rings. The number of anilines is 1. The van der Waals surface area contributed by atoms with Gasteiger partial charge in [0.05, 0.1) is 26.8 Å². The van der Waals surface area contributed by atoms with Crippen molar-refractivity contribution in [3.05, 3.63) is 75.4 Å². The number of carboxylic acids is 1. The van der Waals surface area contributed by atoms with Gasteiger partial charge in [0, 0.05) is 35.8 Å². The summed E-state index contributed by atoms with van der Waals surface area (Å²) in [6.07, 6.45) is 1.39. The molecule has 2 aromatic carbocycles. The first-order chi connectivity index (χ1) is 15.3. The Morgan fingerprint density at radius 2 is 1.84 bits per heavy atom. The largest absolute Gasteiger partial charge is 0.478 e. The summed E-state index contributed by atoms with van der Waals surface area (Å²) >= 11 is 12.2. The molecule has 0 aliphatic heterocycles. The second-order valence-electron chi connectivity index (χ2n) is 7.40. The summed E-state index contributed by atoms with van der Waals surface area (Å²) in [7, 11) is 0. The van der Waals surface area contributed by atoms with Crippen molar-refractivity contribution in [2.75, 3.05) is 11.9 Å². The van der Waals surface area contributed by atoms with E-state index in [2.05, 4.69) is 15.3 Å². The molecule has 0 aliphatic rings. The number of aromatic carboxylic acids is 1. The number of rotatable bonds is 6. The number of fused-ring (bicyclic) bond motifs is 1. The van der Waals surface area contributed by atoms with Crippen LogP contribution in [0.1, 0.15) is 21.6 Å². The van der Waals surface area contributed by atoms with E-state index in [4.69, 9.17) is 23.2 Å². The maximum absolute atomic E-state index is 14.5. The van der Waals surface area contributed by atoms with Gasteiger partial charge in [0.1, 0.15) is 18.0 Å². The van der Waals surface area contributed by atoms with Gasteiger partial charge in [-0.1, -0.05) is 29.3 Å². The highest BCUT2D eigenvalue weighted by atomic mass is 35.5. The zero-order valence-corrected chi connectivity index (χ0v) is 18.8. The molecule has 6 nitrogen and oxygen atoms in total. The molecular formula is C23H19Cl2FN4O2. The molecule has 2 aromatic heterocycles. The number of hydrogen-bond acceptors (Lipinski definition) is 4. The van der Waals surface area contributed by atoms with Crippen LogP contribution in [0.15, 0.2) is 42.7 Å². The van der Waals surface area contributed by atoms with Crippen molar-refractivity contribution in [3.63, 3.8) is 0 Å². The number of nitrogens with one attached hydrogen (secondary N) is 1. The van der Waals surface area contributed by atoms with Crippen molar-refractivity contribution >= 4 is 45.9 Å². The van der Waals surface area contributed by atoms with E-state index < -0.39 is 5.97 Å². The van der Waals surface area contributed by atoms with Gasteiger partial charge >= 0.3 is 5.97 Å². The standard InChI is InChI=1S/C23H19Cl2FN4O2/c1-12-3-4-18(26)22-15(12)7-13(2)30(22)6-5-27-20-10-19(28-11-29-20)14-8-16(24)21(23(31)32)17(25)9-14/h3-4,7-11H,5-6H2,1-2H3,(H,31,32)(H,27,28,29). The molecule has 4 rings (SSSR count). The van der Waals surface area contributed by atoms with Crippen LogP contribution in [-0.4, -0.2) is 32.2 Å². The highest BCUT2D eigenvalue weighted by Gasteiger charge is 2.16. The smallest absolute Gasteiger partial charge is 0.338 e. The molecule has 0 saturated heterocycles. The Morgan fingerprint density at radius 3 is 2.53 bits per heavy atom. The van der Waals surface area contributed by atoms with E-state index in [0.717, 1.165) is 16.6 Å². The minimum absolute atomic E-state index is 0.0282. The number of benzene rings is 2.